The molecule has 49 heavy (non-hydrogen) atoms. The van der Waals surface area contributed by atoms with E-state index < -0.39 is 0 Å². The molecule has 0 N–H and O–H groups in total. The minimum Gasteiger partial charge on any atom is -0.454 e. The van der Waals surface area contributed by atoms with E-state index in [0.717, 1.165) is 11.2 Å². The Morgan fingerprint density at radius 2 is 0.857 bits per heavy atom. The molecule has 0 aliphatic rings. The molecule has 0 radical (unpaired) electrons. The highest BCUT2D eigenvalue weighted by Gasteiger charge is 2.22. The van der Waals surface area contributed by atoms with Crippen molar-refractivity contribution >= 4 is 118 Å². The molecular weight excluding hydrogens is 615 g/mol. The Bertz CT molecular complexity index is 3340. The van der Waals surface area contributed by atoms with Gasteiger partial charge in [0, 0.05) is 53.5 Å². The van der Waals surface area contributed by atoms with Gasteiger partial charge in [-0.05, 0) is 62.6 Å². The smallest absolute Gasteiger partial charge is 0.153 e. The van der Waals surface area contributed by atoms with Gasteiger partial charge in [-0.3, -0.25) is 0 Å². The Morgan fingerprint density at radius 3 is 1.51 bits per heavy atom. The van der Waals surface area contributed by atoms with Crippen molar-refractivity contribution in [2.75, 3.05) is 0 Å². The van der Waals surface area contributed by atoms with Gasteiger partial charge >= 0.3 is 0 Å². The Morgan fingerprint density at radius 1 is 0.367 bits per heavy atom. The van der Waals surface area contributed by atoms with Crippen LogP contribution in [-0.2, 0) is 0 Å². The van der Waals surface area contributed by atoms with Gasteiger partial charge in [-0.15, -0.1) is 11.3 Å². The summed E-state index contributed by atoms with van der Waals surface area (Å²) in [5, 5.41) is 17.4. The lowest BCUT2D eigenvalue weighted by Gasteiger charge is -2.13. The number of rotatable bonds is 1. The number of hydrogen-bond acceptors (Lipinski definition) is 2. The zero-order valence-corrected chi connectivity index (χ0v) is 27.0. The van der Waals surface area contributed by atoms with Crippen molar-refractivity contribution in [2.45, 2.75) is 0 Å². The van der Waals surface area contributed by atoms with E-state index in [4.69, 9.17) is 4.42 Å². The van der Waals surface area contributed by atoms with E-state index in [1.807, 2.05) is 11.3 Å². The van der Waals surface area contributed by atoms with Gasteiger partial charge in [0.1, 0.15) is 5.58 Å². The fourth-order valence-corrected chi connectivity index (χ4v) is 9.96. The molecule has 9 aromatic carbocycles. The Hall–Kier alpha value is -6.16. The first-order chi connectivity index (χ1) is 24.3. The van der Waals surface area contributed by atoms with Gasteiger partial charge in [-0.1, -0.05) is 121 Å². The molecule has 0 aliphatic carbocycles. The van der Waals surface area contributed by atoms with Crippen LogP contribution >= 0.6 is 11.3 Å². The zero-order chi connectivity index (χ0) is 31.8. The van der Waals surface area contributed by atoms with Gasteiger partial charge in [-0.25, -0.2) is 0 Å². The molecule has 3 heteroatoms. The maximum atomic E-state index is 7.20. The normalized spacial score (nSPS) is 12.5. The van der Waals surface area contributed by atoms with E-state index in [-0.39, 0.29) is 0 Å². The van der Waals surface area contributed by atoms with Gasteiger partial charge in [0.2, 0.25) is 0 Å². The fourth-order valence-electron chi connectivity index (χ4n) is 8.74. The monoisotopic (exact) mass is 639 g/mol. The molecule has 3 aromatic heterocycles. The first-order valence-corrected chi connectivity index (χ1v) is 17.6. The van der Waals surface area contributed by atoms with Crippen LogP contribution in [-0.4, -0.2) is 4.57 Å². The molecular formula is C46H25NOS. The second kappa shape index (κ2) is 9.25. The van der Waals surface area contributed by atoms with Crippen molar-refractivity contribution in [3.63, 3.8) is 0 Å². The average molecular weight is 640 g/mol. The molecule has 0 saturated heterocycles. The van der Waals surface area contributed by atoms with Crippen molar-refractivity contribution in [3.05, 3.63) is 152 Å². The molecule has 0 bridgehead atoms. The highest BCUT2D eigenvalue weighted by Crippen LogP contribution is 2.49. The van der Waals surface area contributed by atoms with E-state index in [1.165, 1.54) is 102 Å². The van der Waals surface area contributed by atoms with Gasteiger partial charge in [0.05, 0.1) is 15.7 Å². The van der Waals surface area contributed by atoms with Crippen LogP contribution in [0.1, 0.15) is 0 Å². The summed E-state index contributed by atoms with van der Waals surface area (Å²) in [6.07, 6.45) is 0. The maximum Gasteiger partial charge on any atom is 0.153 e. The third-order valence-electron chi connectivity index (χ3n) is 10.7. The lowest BCUT2D eigenvalue weighted by molar-refractivity contribution is 0.677. The van der Waals surface area contributed by atoms with Gasteiger partial charge < -0.3 is 8.98 Å². The molecule has 0 saturated carbocycles. The van der Waals surface area contributed by atoms with Gasteiger partial charge in [0.15, 0.2) is 5.58 Å². The van der Waals surface area contributed by atoms with Gasteiger partial charge in [0.25, 0.3) is 0 Å². The average Bonchev–Trinajstić information content (AvgIpc) is 3.84. The highest BCUT2D eigenvalue weighted by atomic mass is 32.1. The standard InChI is InChI=1S/C46H25NOS/c1-3-15-32-27(11-1)28-12-2-4-16-33(28)43-41(32)34-17-5-6-18-35(34)42-37-24-23-36-31-22-21-26(25-40(31)49-46(36)44(37)48-45(42)43)47-38-19-9-7-13-29(38)30-14-8-10-20-39(30)47/h1-25H. The summed E-state index contributed by atoms with van der Waals surface area (Å²) in [4.78, 5) is 0. The number of furan rings is 1. The summed E-state index contributed by atoms with van der Waals surface area (Å²) in [7, 11) is 0. The molecule has 3 heterocycles. The summed E-state index contributed by atoms with van der Waals surface area (Å²) < 4.78 is 12.1. The molecule has 0 spiro atoms. The fraction of sp³-hybridized carbons (Fsp3) is 0. The number of fused-ring (bicyclic) bond motifs is 20. The predicted octanol–water partition coefficient (Wildman–Crippen LogP) is 13.7. The summed E-state index contributed by atoms with van der Waals surface area (Å²) in [5.41, 5.74) is 5.57. The lowest BCUT2D eigenvalue weighted by atomic mass is 9.89. The van der Waals surface area contributed by atoms with E-state index in [9.17, 15) is 0 Å². The second-order valence-electron chi connectivity index (χ2n) is 13.2. The van der Waals surface area contributed by atoms with Crippen molar-refractivity contribution < 1.29 is 4.42 Å². The van der Waals surface area contributed by atoms with Crippen LogP contribution in [0.3, 0.4) is 0 Å². The predicted molar refractivity (Wildman–Crippen MR) is 211 cm³/mol. The summed E-state index contributed by atoms with van der Waals surface area (Å²) in [5.74, 6) is 0. The Labute approximate surface area is 283 Å². The molecule has 0 amide bonds. The van der Waals surface area contributed by atoms with Crippen LogP contribution in [0, 0.1) is 0 Å². The first kappa shape index (κ1) is 25.9. The number of benzene rings is 9. The van der Waals surface area contributed by atoms with Crippen molar-refractivity contribution in [3.8, 4) is 5.69 Å². The first-order valence-electron chi connectivity index (χ1n) is 16.8. The quantitative estimate of drug-likeness (QED) is 0.163. The number of thiophene rings is 1. The second-order valence-corrected chi connectivity index (χ2v) is 14.2. The largest absolute Gasteiger partial charge is 0.454 e. The van der Waals surface area contributed by atoms with Crippen LogP contribution in [0.15, 0.2) is 156 Å². The van der Waals surface area contributed by atoms with E-state index in [2.05, 4.69) is 156 Å². The van der Waals surface area contributed by atoms with Crippen LogP contribution < -0.4 is 0 Å². The maximum absolute atomic E-state index is 7.20. The molecule has 0 atom stereocenters. The number of para-hydroxylation sites is 2. The number of aromatic nitrogens is 1. The molecule has 2 nitrogen and oxygen atoms in total. The third kappa shape index (κ3) is 3.25. The highest BCUT2D eigenvalue weighted by molar-refractivity contribution is 7.26. The SMILES string of the molecule is c1ccc2c(c1)c1ccccc1c1c3oc4c(ccc5c6ccc(-n7c8ccccc8c8ccccc87)cc6sc54)c3c3ccccc3c21. The summed E-state index contributed by atoms with van der Waals surface area (Å²) >= 11 is 1.84. The number of hydrogen-bond donors (Lipinski definition) is 0. The molecule has 226 valence electrons. The summed E-state index contributed by atoms with van der Waals surface area (Å²) in [6, 6.07) is 55.5. The molecule has 0 aliphatic heterocycles. The van der Waals surface area contributed by atoms with Crippen LogP contribution in [0.2, 0.25) is 0 Å². The topological polar surface area (TPSA) is 18.1 Å². The van der Waals surface area contributed by atoms with Crippen molar-refractivity contribution in [2.24, 2.45) is 0 Å². The molecule has 12 rings (SSSR count). The zero-order valence-electron chi connectivity index (χ0n) is 26.2. The number of nitrogens with zero attached hydrogens (tertiary/aromatic N) is 1. The molecule has 0 fully saturated rings. The summed E-state index contributed by atoms with van der Waals surface area (Å²) in [6.45, 7) is 0. The van der Waals surface area contributed by atoms with Crippen molar-refractivity contribution in [1.29, 1.82) is 0 Å². The van der Waals surface area contributed by atoms with Crippen LogP contribution in [0.4, 0.5) is 0 Å². The minimum absolute atomic E-state index is 0.974. The minimum atomic E-state index is 0.974. The lowest BCUT2D eigenvalue weighted by Crippen LogP contribution is -1.92. The molecule has 12 aromatic rings. The van der Waals surface area contributed by atoms with Crippen LogP contribution in [0.25, 0.3) is 113 Å². The van der Waals surface area contributed by atoms with E-state index in [1.54, 1.807) is 0 Å². The molecule has 0 unspecified atom stereocenters. The third-order valence-corrected chi connectivity index (χ3v) is 11.9. The van der Waals surface area contributed by atoms with Crippen molar-refractivity contribution in [1.82, 2.24) is 4.57 Å². The van der Waals surface area contributed by atoms with Gasteiger partial charge in [-0.2, -0.15) is 0 Å². The van der Waals surface area contributed by atoms with E-state index >= 15 is 0 Å². The Kier molecular flexibility index (Phi) is 4.89. The van der Waals surface area contributed by atoms with E-state index in [0.29, 0.717) is 0 Å². The Balaban J connectivity index is 1.22. The van der Waals surface area contributed by atoms with Crippen LogP contribution in [0.5, 0.6) is 0 Å².